The molecule has 0 unspecified atom stereocenters. The number of nitrogens with one attached hydrogen (secondary N) is 3. The Morgan fingerprint density at radius 1 is 1.28 bits per heavy atom. The van der Waals surface area contributed by atoms with E-state index in [9.17, 15) is 4.79 Å². The smallest absolute Gasteiger partial charge is 0.277 e. The lowest BCUT2D eigenvalue weighted by Gasteiger charge is -2.21. The van der Waals surface area contributed by atoms with Gasteiger partial charge in [-0.3, -0.25) is 14.8 Å². The minimum atomic E-state index is -0.0990. The first kappa shape index (κ1) is 20.4. The molecule has 8 heteroatoms. The molecule has 0 atom stereocenters. The maximum atomic E-state index is 12.5. The Hall–Kier alpha value is -3.29. The van der Waals surface area contributed by atoms with Gasteiger partial charge in [-0.15, -0.1) is 0 Å². The van der Waals surface area contributed by atoms with Crippen molar-refractivity contribution in [1.29, 1.82) is 5.41 Å². The number of H-pyrrole nitrogens is 1. The van der Waals surface area contributed by atoms with E-state index in [2.05, 4.69) is 58.3 Å². The predicted molar refractivity (Wildman–Crippen MR) is 117 cm³/mol. The van der Waals surface area contributed by atoms with E-state index in [1.807, 2.05) is 6.20 Å². The molecule has 0 spiro atoms. The summed E-state index contributed by atoms with van der Waals surface area (Å²) in [7, 11) is 0. The second kappa shape index (κ2) is 8.81. The van der Waals surface area contributed by atoms with Gasteiger partial charge in [0.05, 0.1) is 11.4 Å². The number of anilines is 1. The van der Waals surface area contributed by atoms with Crippen molar-refractivity contribution in [2.75, 3.05) is 24.5 Å². The molecule has 0 aromatic heterocycles. The molecule has 3 rings (SSSR count). The van der Waals surface area contributed by atoms with Crippen molar-refractivity contribution in [3.05, 3.63) is 52.2 Å². The molecule has 5 N–H and O–H groups in total. The summed E-state index contributed by atoms with van der Waals surface area (Å²) in [5.74, 6) is 0.610. The van der Waals surface area contributed by atoms with Gasteiger partial charge in [-0.2, -0.15) is 0 Å². The van der Waals surface area contributed by atoms with Gasteiger partial charge in [-0.25, -0.2) is 4.98 Å². The molecule has 0 saturated carbocycles. The summed E-state index contributed by atoms with van der Waals surface area (Å²) in [4.78, 5) is 22.7. The minimum Gasteiger partial charge on any atom is -0.372 e. The van der Waals surface area contributed by atoms with Crippen LogP contribution < -0.4 is 21.5 Å². The fraction of sp³-hybridized carbons (Fsp3) is 0.381. The summed E-state index contributed by atoms with van der Waals surface area (Å²) in [6.07, 6.45) is 3.27. The summed E-state index contributed by atoms with van der Waals surface area (Å²) in [5, 5.41) is 10.1. The van der Waals surface area contributed by atoms with Crippen molar-refractivity contribution < 1.29 is 0 Å². The molecule has 154 valence electrons. The highest BCUT2D eigenvalue weighted by atomic mass is 16.1. The Morgan fingerprint density at radius 2 is 1.97 bits per heavy atom. The van der Waals surface area contributed by atoms with E-state index in [-0.39, 0.29) is 11.5 Å². The van der Waals surface area contributed by atoms with Gasteiger partial charge in [-0.1, -0.05) is 12.1 Å². The molecule has 8 nitrogen and oxygen atoms in total. The lowest BCUT2D eigenvalue weighted by molar-refractivity contribution is 0.742. The summed E-state index contributed by atoms with van der Waals surface area (Å²) in [5.41, 5.74) is 9.68. The molecular formula is C21H29N7O. The normalized spacial score (nSPS) is 11.0. The van der Waals surface area contributed by atoms with Gasteiger partial charge in [0, 0.05) is 31.5 Å². The van der Waals surface area contributed by atoms with E-state index in [4.69, 9.17) is 11.1 Å². The first-order valence-electron chi connectivity index (χ1n) is 9.98. The third-order valence-electron chi connectivity index (χ3n) is 5.07. The average molecular weight is 396 g/mol. The quantitative estimate of drug-likeness (QED) is 0.265. The molecule has 0 amide bonds. The number of aryl methyl sites for hydroxylation is 2. The number of guanidine groups is 1. The SMILES string of the molecule is CCN(CC)c1ccc(-c2cn3c(=O)c(C)nc-3c(CCCNC(=N)N)[nH]2)cc1. The van der Waals surface area contributed by atoms with Gasteiger partial charge in [-0.05, 0) is 51.3 Å². The lowest BCUT2D eigenvalue weighted by atomic mass is 10.1. The Bertz CT molecular complexity index is 999. The summed E-state index contributed by atoms with van der Waals surface area (Å²) in [6.45, 7) is 8.52. The zero-order chi connectivity index (χ0) is 21.0. The zero-order valence-electron chi connectivity index (χ0n) is 17.2. The fourth-order valence-electron chi connectivity index (χ4n) is 3.49. The fourth-order valence-corrected chi connectivity index (χ4v) is 3.49. The minimum absolute atomic E-state index is 0.0420. The van der Waals surface area contributed by atoms with E-state index in [1.165, 1.54) is 5.69 Å². The van der Waals surface area contributed by atoms with E-state index in [0.29, 0.717) is 24.5 Å². The van der Waals surface area contributed by atoms with Gasteiger partial charge in [0.15, 0.2) is 11.8 Å². The average Bonchev–Trinajstić information content (AvgIpc) is 3.01. The number of fused-ring (bicyclic) bond motifs is 1. The van der Waals surface area contributed by atoms with Gasteiger partial charge >= 0.3 is 0 Å². The largest absolute Gasteiger partial charge is 0.372 e. The maximum Gasteiger partial charge on any atom is 0.277 e. The van der Waals surface area contributed by atoms with Crippen LogP contribution in [0.4, 0.5) is 5.69 Å². The summed E-state index contributed by atoms with van der Waals surface area (Å²) < 4.78 is 1.62. The summed E-state index contributed by atoms with van der Waals surface area (Å²) in [6, 6.07) is 8.35. The number of hydrogen-bond donors (Lipinski definition) is 4. The lowest BCUT2D eigenvalue weighted by Crippen LogP contribution is -2.31. The van der Waals surface area contributed by atoms with Crippen LogP contribution >= 0.6 is 0 Å². The first-order valence-corrected chi connectivity index (χ1v) is 9.98. The molecule has 0 bridgehead atoms. The van der Waals surface area contributed by atoms with Crippen molar-refractivity contribution in [2.45, 2.75) is 33.6 Å². The second-order valence-electron chi connectivity index (χ2n) is 7.01. The van der Waals surface area contributed by atoms with Crippen LogP contribution in [0.3, 0.4) is 0 Å². The van der Waals surface area contributed by atoms with E-state index >= 15 is 0 Å². The Morgan fingerprint density at radius 3 is 2.59 bits per heavy atom. The molecule has 29 heavy (non-hydrogen) atoms. The maximum absolute atomic E-state index is 12.5. The summed E-state index contributed by atoms with van der Waals surface area (Å²) >= 11 is 0. The Kier molecular flexibility index (Phi) is 6.21. The first-order chi connectivity index (χ1) is 13.9. The number of imidazole rings is 1. The number of aromatic nitrogens is 3. The van der Waals surface area contributed by atoms with Crippen molar-refractivity contribution in [2.24, 2.45) is 5.73 Å². The van der Waals surface area contributed by atoms with Gasteiger partial charge in [0.1, 0.15) is 5.69 Å². The number of rotatable bonds is 8. The van der Waals surface area contributed by atoms with Gasteiger partial charge in [0.25, 0.3) is 5.56 Å². The van der Waals surface area contributed by atoms with E-state index in [1.54, 1.807) is 11.5 Å². The predicted octanol–water partition coefficient (Wildman–Crippen LogP) is 2.24. The van der Waals surface area contributed by atoms with Crippen LogP contribution in [0, 0.1) is 12.3 Å². The molecule has 0 fully saturated rings. The molecule has 2 heterocycles. The van der Waals surface area contributed by atoms with Crippen molar-refractivity contribution in [1.82, 2.24) is 19.9 Å². The molecule has 1 aromatic carbocycles. The van der Waals surface area contributed by atoms with Gasteiger partial charge < -0.3 is 20.9 Å². The molecule has 0 radical (unpaired) electrons. The van der Waals surface area contributed by atoms with Gasteiger partial charge in [0.2, 0.25) is 0 Å². The number of hydrogen-bond acceptors (Lipinski definition) is 4. The zero-order valence-corrected chi connectivity index (χ0v) is 17.2. The molecule has 0 saturated heterocycles. The van der Waals surface area contributed by atoms with Crippen LogP contribution in [0.25, 0.3) is 17.1 Å². The van der Waals surface area contributed by atoms with Crippen LogP contribution in [0.5, 0.6) is 0 Å². The standard InChI is InChI=1S/C21H29N7O/c1-4-27(5-2)16-10-8-15(9-11-16)18-13-28-19(25-14(3)20(28)29)17(26-18)7-6-12-24-21(22)23/h8-11,13,26H,4-7,12H2,1-3H3,(H4,22,23,24). The van der Waals surface area contributed by atoms with Crippen LogP contribution in [-0.4, -0.2) is 40.1 Å². The van der Waals surface area contributed by atoms with Crippen molar-refractivity contribution in [3.63, 3.8) is 0 Å². The topological polar surface area (TPSA) is 116 Å². The molecule has 2 aliphatic rings. The Labute approximate surface area is 170 Å². The highest BCUT2D eigenvalue weighted by Crippen LogP contribution is 2.24. The van der Waals surface area contributed by atoms with Crippen LogP contribution in [0.15, 0.2) is 35.3 Å². The van der Waals surface area contributed by atoms with Crippen LogP contribution in [-0.2, 0) is 6.42 Å². The molecule has 1 aromatic rings. The monoisotopic (exact) mass is 395 g/mol. The number of nitrogens with zero attached hydrogens (tertiary/aromatic N) is 3. The third-order valence-corrected chi connectivity index (χ3v) is 5.07. The van der Waals surface area contributed by atoms with Crippen LogP contribution in [0.2, 0.25) is 0 Å². The van der Waals surface area contributed by atoms with E-state index < -0.39 is 0 Å². The third kappa shape index (κ3) is 4.42. The molecule has 2 aliphatic heterocycles. The Balaban J connectivity index is 1.95. The van der Waals surface area contributed by atoms with Crippen molar-refractivity contribution >= 4 is 11.6 Å². The molecular weight excluding hydrogens is 366 g/mol. The number of aromatic amines is 1. The van der Waals surface area contributed by atoms with Crippen LogP contribution in [0.1, 0.15) is 31.7 Å². The van der Waals surface area contributed by atoms with E-state index in [0.717, 1.165) is 36.5 Å². The number of nitrogens with two attached hydrogens (primary N) is 1. The van der Waals surface area contributed by atoms with Crippen molar-refractivity contribution in [3.8, 4) is 17.1 Å². The highest BCUT2D eigenvalue weighted by molar-refractivity contribution is 5.74. The highest BCUT2D eigenvalue weighted by Gasteiger charge is 2.17. The molecule has 0 aliphatic carbocycles. The second-order valence-corrected chi connectivity index (χ2v) is 7.01. The number of benzene rings is 1.